The van der Waals surface area contributed by atoms with Gasteiger partial charge in [-0.3, -0.25) is 0 Å². The van der Waals surface area contributed by atoms with Gasteiger partial charge in [0.1, 0.15) is 8.42 Å². The van der Waals surface area contributed by atoms with Crippen molar-refractivity contribution in [3.8, 4) is 0 Å². The largest absolute Gasteiger partial charge is 0.156 e. The van der Waals surface area contributed by atoms with Gasteiger partial charge in [-0.05, 0) is 44.7 Å². The molecular weight excluding hydrogens is 296 g/mol. The van der Waals surface area contributed by atoms with Crippen LogP contribution in [0.4, 0.5) is 0 Å². The molecule has 2 aromatic rings. The Labute approximate surface area is 107 Å². The summed E-state index contributed by atoms with van der Waals surface area (Å²) in [6, 6.07) is 0. The van der Waals surface area contributed by atoms with Crippen molar-refractivity contribution in [1.82, 2.24) is 19.2 Å². The predicted molar refractivity (Wildman–Crippen MR) is 66.0 cm³/mol. The maximum absolute atomic E-state index is 4.21. The Balaban J connectivity index is 2.02. The predicted octanol–water partition coefficient (Wildman–Crippen LogP) is 2.77. The average Bonchev–Trinajstić information content (AvgIpc) is 2.72. The van der Waals surface area contributed by atoms with Crippen LogP contribution in [0.2, 0.25) is 0 Å². The molecule has 0 radical (unpaired) electrons. The molecule has 0 aromatic carbocycles. The number of hydrogen-bond donors (Lipinski definition) is 2. The molecule has 0 N–H and O–H groups in total. The second-order valence-electron chi connectivity index (χ2n) is 1.93. The molecule has 0 bridgehead atoms. The van der Waals surface area contributed by atoms with Gasteiger partial charge in [0.2, 0.25) is 0 Å². The van der Waals surface area contributed by atoms with Crippen LogP contribution in [0.1, 0.15) is 0 Å². The van der Waals surface area contributed by atoms with Gasteiger partial charge in [-0.15, -0.1) is 35.5 Å². The maximum atomic E-state index is 4.21. The monoisotopic (exact) mass is 298 g/mol. The third-order valence-electron chi connectivity index (χ3n) is 1.08. The fourth-order valence-corrected chi connectivity index (χ4v) is 4.65. The summed E-state index contributed by atoms with van der Waals surface area (Å²) >= 11 is 11.0. The average molecular weight is 298 g/mol. The number of rotatable bonds is 3. The minimum Gasteiger partial charge on any atom is -0.129 e. The lowest BCUT2D eigenvalue weighted by Gasteiger charge is -1.93. The topological polar surface area (TPSA) is 51.6 Å². The van der Waals surface area contributed by atoms with Crippen LogP contribution in [-0.2, 0) is 0 Å². The van der Waals surface area contributed by atoms with E-state index in [4.69, 9.17) is 0 Å². The van der Waals surface area contributed by atoms with Crippen LogP contribution >= 0.6 is 69.9 Å². The molecule has 2 rings (SSSR count). The van der Waals surface area contributed by atoms with Crippen molar-refractivity contribution in [2.75, 3.05) is 0 Å². The second kappa shape index (κ2) is 5.03. The summed E-state index contributed by atoms with van der Waals surface area (Å²) in [4.78, 5) is 0. The normalized spacial score (nSPS) is 10.7. The molecule has 2 heterocycles. The quantitative estimate of drug-likeness (QED) is 0.671. The molecule has 4 nitrogen and oxygen atoms in total. The Morgan fingerprint density at radius 2 is 1.29 bits per heavy atom. The first-order valence-electron chi connectivity index (χ1n) is 3.14. The van der Waals surface area contributed by atoms with Gasteiger partial charge in [0.25, 0.3) is 0 Å². The molecule has 0 saturated heterocycles. The fraction of sp³-hybridized carbons (Fsp3) is 0. The molecule has 14 heavy (non-hydrogen) atoms. The van der Waals surface area contributed by atoms with E-state index in [0.29, 0.717) is 0 Å². The second-order valence-corrected chi connectivity index (χ2v) is 7.05. The van der Waals surface area contributed by atoms with Crippen molar-refractivity contribution < 1.29 is 0 Å². The summed E-state index contributed by atoms with van der Waals surface area (Å²) in [6.45, 7) is 0. The number of nitrogens with zero attached hydrogens (tertiary/aromatic N) is 4. The summed E-state index contributed by atoms with van der Waals surface area (Å²) < 4.78 is 9.17. The van der Waals surface area contributed by atoms with E-state index in [1.165, 1.54) is 44.7 Å². The lowest BCUT2D eigenvalue weighted by atomic mass is 11.0. The van der Waals surface area contributed by atoms with Gasteiger partial charge in [0.15, 0.2) is 10.1 Å². The number of thiol groups is 2. The first-order valence-corrected chi connectivity index (χ1v) is 7.73. The Morgan fingerprint density at radius 1 is 0.857 bits per heavy atom. The molecule has 0 amide bonds. The first-order chi connectivity index (χ1) is 6.77. The van der Waals surface area contributed by atoms with Gasteiger partial charge >= 0.3 is 0 Å². The standard InChI is InChI=1S/C4H2N4S6/c9-3-1(5-7-11-3)13-14-2-4(10)12-8-6-2/h9-10H. The van der Waals surface area contributed by atoms with E-state index in [1.54, 1.807) is 0 Å². The molecule has 0 fully saturated rings. The summed E-state index contributed by atoms with van der Waals surface area (Å²) in [5.74, 6) is 0. The van der Waals surface area contributed by atoms with Gasteiger partial charge in [-0.1, -0.05) is 8.98 Å². The van der Waals surface area contributed by atoms with E-state index in [9.17, 15) is 0 Å². The summed E-state index contributed by atoms with van der Waals surface area (Å²) in [7, 11) is 2.92. The van der Waals surface area contributed by atoms with E-state index in [-0.39, 0.29) is 0 Å². The number of aromatic nitrogens is 4. The van der Waals surface area contributed by atoms with Gasteiger partial charge in [-0.25, -0.2) is 0 Å². The van der Waals surface area contributed by atoms with E-state index >= 15 is 0 Å². The van der Waals surface area contributed by atoms with Gasteiger partial charge in [0, 0.05) is 0 Å². The van der Waals surface area contributed by atoms with Crippen molar-refractivity contribution in [1.29, 1.82) is 0 Å². The molecular formula is C4H2N4S6. The highest BCUT2D eigenvalue weighted by molar-refractivity contribution is 8.76. The summed E-state index contributed by atoms with van der Waals surface area (Å²) in [5.41, 5.74) is 0. The lowest BCUT2D eigenvalue weighted by Crippen LogP contribution is -1.72. The maximum Gasteiger partial charge on any atom is 0.156 e. The van der Waals surface area contributed by atoms with Gasteiger partial charge in [0.05, 0.1) is 0 Å². The van der Waals surface area contributed by atoms with E-state index in [0.717, 1.165) is 18.5 Å². The molecule has 0 unspecified atom stereocenters. The highest BCUT2D eigenvalue weighted by Crippen LogP contribution is 2.41. The molecule has 2 aromatic heterocycles. The number of hydrogen-bond acceptors (Lipinski definition) is 10. The highest BCUT2D eigenvalue weighted by atomic mass is 33.1. The molecule has 0 saturated carbocycles. The smallest absolute Gasteiger partial charge is 0.129 e. The van der Waals surface area contributed by atoms with Gasteiger partial charge in [-0.2, -0.15) is 0 Å². The molecule has 74 valence electrons. The van der Waals surface area contributed by atoms with E-state index in [1.807, 2.05) is 0 Å². The molecule has 0 aliphatic rings. The third kappa shape index (κ3) is 2.55. The Morgan fingerprint density at radius 3 is 1.57 bits per heavy atom. The van der Waals surface area contributed by atoms with Crippen molar-refractivity contribution in [2.45, 2.75) is 18.5 Å². The van der Waals surface area contributed by atoms with Crippen LogP contribution < -0.4 is 0 Å². The summed E-state index contributed by atoms with van der Waals surface area (Å²) in [6.07, 6.45) is 0. The van der Waals surface area contributed by atoms with Crippen LogP contribution in [0.3, 0.4) is 0 Å². The Bertz CT molecular complexity index is 383. The highest BCUT2D eigenvalue weighted by Gasteiger charge is 2.10. The van der Waals surface area contributed by atoms with Crippen molar-refractivity contribution in [3.05, 3.63) is 0 Å². The molecule has 0 aliphatic heterocycles. The Hall–Kier alpha value is 0.520. The van der Waals surface area contributed by atoms with E-state index in [2.05, 4.69) is 44.4 Å². The Kier molecular flexibility index (Phi) is 3.96. The van der Waals surface area contributed by atoms with Crippen molar-refractivity contribution >= 4 is 69.9 Å². The van der Waals surface area contributed by atoms with Crippen molar-refractivity contribution in [3.63, 3.8) is 0 Å². The minimum absolute atomic E-state index is 0.795. The molecule has 0 spiro atoms. The summed E-state index contributed by atoms with van der Waals surface area (Å²) in [5, 5.41) is 9.41. The lowest BCUT2D eigenvalue weighted by molar-refractivity contribution is 1.00. The molecule has 0 atom stereocenters. The van der Waals surface area contributed by atoms with Gasteiger partial charge < -0.3 is 0 Å². The van der Waals surface area contributed by atoms with Crippen molar-refractivity contribution in [2.24, 2.45) is 0 Å². The molecule has 0 aliphatic carbocycles. The fourth-order valence-electron chi connectivity index (χ4n) is 0.540. The van der Waals surface area contributed by atoms with Crippen LogP contribution in [0.5, 0.6) is 0 Å². The first kappa shape index (κ1) is 11.0. The van der Waals surface area contributed by atoms with Crippen LogP contribution in [0.25, 0.3) is 0 Å². The van der Waals surface area contributed by atoms with Crippen LogP contribution in [-0.4, -0.2) is 19.2 Å². The third-order valence-corrected chi connectivity index (χ3v) is 5.78. The van der Waals surface area contributed by atoms with Crippen LogP contribution in [0, 0.1) is 0 Å². The SMILES string of the molecule is Sc1snnc1SSc1nnsc1S. The van der Waals surface area contributed by atoms with E-state index < -0.39 is 0 Å². The zero-order valence-corrected chi connectivity index (χ0v) is 11.4. The zero-order valence-electron chi connectivity index (χ0n) is 6.32. The molecule has 10 heteroatoms. The minimum atomic E-state index is 0.795. The zero-order chi connectivity index (χ0) is 9.97. The van der Waals surface area contributed by atoms with Crippen LogP contribution in [0.15, 0.2) is 18.5 Å².